The summed E-state index contributed by atoms with van der Waals surface area (Å²) in [4.78, 5) is 0. The van der Waals surface area contributed by atoms with Gasteiger partial charge in [-0.1, -0.05) is 0 Å². The molecule has 1 heterocycles. The quantitative estimate of drug-likeness (QED) is 0.719. The molecule has 3 nitrogen and oxygen atoms in total. The molecule has 1 aliphatic heterocycles. The van der Waals surface area contributed by atoms with Gasteiger partial charge in [0.2, 0.25) is 0 Å². The summed E-state index contributed by atoms with van der Waals surface area (Å²) in [6.45, 7) is 0.706. The zero-order valence-corrected chi connectivity index (χ0v) is 8.59. The van der Waals surface area contributed by atoms with Crippen LogP contribution in [-0.2, 0) is 9.84 Å². The summed E-state index contributed by atoms with van der Waals surface area (Å²) in [5.41, 5.74) is 5.53. The second kappa shape index (κ2) is 3.24. The maximum Gasteiger partial charge on any atom is 0.150 e. The van der Waals surface area contributed by atoms with Gasteiger partial charge in [-0.05, 0) is 43.6 Å². The van der Waals surface area contributed by atoms with Crippen LogP contribution in [0.5, 0.6) is 0 Å². The van der Waals surface area contributed by atoms with E-state index in [4.69, 9.17) is 5.73 Å². The van der Waals surface area contributed by atoms with E-state index in [9.17, 15) is 8.42 Å². The Balaban J connectivity index is 1.90. The topological polar surface area (TPSA) is 60.2 Å². The third kappa shape index (κ3) is 2.05. The summed E-state index contributed by atoms with van der Waals surface area (Å²) in [5, 5.41) is 0. The molecular weight excluding hydrogens is 186 g/mol. The third-order valence-corrected chi connectivity index (χ3v) is 5.14. The van der Waals surface area contributed by atoms with Crippen LogP contribution in [0.1, 0.15) is 19.3 Å². The monoisotopic (exact) mass is 203 g/mol. The SMILES string of the molecule is NCCC(C1CC1)C1CS(=O)(=O)C1. The van der Waals surface area contributed by atoms with Crippen LogP contribution in [0.25, 0.3) is 0 Å². The van der Waals surface area contributed by atoms with E-state index in [1.165, 1.54) is 12.8 Å². The fourth-order valence-electron chi connectivity index (χ4n) is 2.42. The molecule has 0 aromatic heterocycles. The highest BCUT2D eigenvalue weighted by atomic mass is 32.2. The molecule has 1 unspecified atom stereocenters. The van der Waals surface area contributed by atoms with E-state index >= 15 is 0 Å². The summed E-state index contributed by atoms with van der Waals surface area (Å²) < 4.78 is 22.0. The van der Waals surface area contributed by atoms with Crippen LogP contribution in [0.15, 0.2) is 0 Å². The molecule has 2 N–H and O–H groups in total. The molecule has 0 amide bonds. The predicted octanol–water partition coefficient (Wildman–Crippen LogP) is 0.406. The van der Waals surface area contributed by atoms with Crippen molar-refractivity contribution in [2.75, 3.05) is 18.1 Å². The second-order valence-corrected chi connectivity index (χ2v) is 6.57. The highest BCUT2D eigenvalue weighted by Crippen LogP contribution is 2.45. The lowest BCUT2D eigenvalue weighted by molar-refractivity contribution is 0.306. The first kappa shape index (κ1) is 9.46. The van der Waals surface area contributed by atoms with Crippen molar-refractivity contribution >= 4 is 9.84 Å². The Morgan fingerprint density at radius 2 is 1.85 bits per heavy atom. The zero-order valence-electron chi connectivity index (χ0n) is 7.78. The van der Waals surface area contributed by atoms with Crippen LogP contribution in [0.4, 0.5) is 0 Å². The highest BCUT2D eigenvalue weighted by Gasteiger charge is 2.44. The van der Waals surface area contributed by atoms with Crippen molar-refractivity contribution in [1.82, 2.24) is 0 Å². The summed E-state index contributed by atoms with van der Waals surface area (Å²) in [6, 6.07) is 0. The van der Waals surface area contributed by atoms with Crippen molar-refractivity contribution < 1.29 is 8.42 Å². The third-order valence-electron chi connectivity index (χ3n) is 3.27. The summed E-state index contributed by atoms with van der Waals surface area (Å²) in [6.07, 6.45) is 3.60. The Morgan fingerprint density at radius 3 is 2.23 bits per heavy atom. The standard InChI is InChI=1S/C9H17NO2S/c10-4-3-9(7-1-2-7)8-5-13(11,12)6-8/h7-9H,1-6,10H2. The molecule has 76 valence electrons. The highest BCUT2D eigenvalue weighted by molar-refractivity contribution is 7.92. The molecule has 1 atom stereocenters. The lowest BCUT2D eigenvalue weighted by Crippen LogP contribution is -2.42. The Hall–Kier alpha value is -0.0900. The lowest BCUT2D eigenvalue weighted by Gasteiger charge is -2.33. The van der Waals surface area contributed by atoms with Gasteiger partial charge >= 0.3 is 0 Å². The predicted molar refractivity (Wildman–Crippen MR) is 52.0 cm³/mol. The first-order valence-corrected chi connectivity index (χ1v) is 6.85. The molecule has 0 bridgehead atoms. The van der Waals surface area contributed by atoms with Gasteiger partial charge in [0, 0.05) is 0 Å². The van der Waals surface area contributed by atoms with Gasteiger partial charge in [0.05, 0.1) is 11.5 Å². The summed E-state index contributed by atoms with van der Waals surface area (Å²) in [5.74, 6) is 2.68. The summed E-state index contributed by atoms with van der Waals surface area (Å²) >= 11 is 0. The van der Waals surface area contributed by atoms with Crippen LogP contribution in [-0.4, -0.2) is 26.5 Å². The molecule has 2 rings (SSSR count). The van der Waals surface area contributed by atoms with Gasteiger partial charge in [0.1, 0.15) is 0 Å². The molecule has 13 heavy (non-hydrogen) atoms. The van der Waals surface area contributed by atoms with Crippen LogP contribution < -0.4 is 5.73 Å². The van der Waals surface area contributed by atoms with Crippen LogP contribution >= 0.6 is 0 Å². The Labute approximate surface area is 79.6 Å². The molecule has 4 heteroatoms. The van der Waals surface area contributed by atoms with Gasteiger partial charge in [0.25, 0.3) is 0 Å². The van der Waals surface area contributed by atoms with Crippen molar-refractivity contribution in [1.29, 1.82) is 0 Å². The van der Waals surface area contributed by atoms with E-state index in [-0.39, 0.29) is 0 Å². The number of nitrogens with two attached hydrogens (primary N) is 1. The molecule has 0 aromatic rings. The molecule has 0 spiro atoms. The van der Waals surface area contributed by atoms with Crippen molar-refractivity contribution in [2.24, 2.45) is 23.5 Å². The van der Waals surface area contributed by atoms with Gasteiger partial charge in [-0.3, -0.25) is 0 Å². The van der Waals surface area contributed by atoms with Crippen LogP contribution in [0, 0.1) is 17.8 Å². The largest absolute Gasteiger partial charge is 0.330 e. The average molecular weight is 203 g/mol. The maximum absolute atomic E-state index is 11.0. The molecule has 1 aliphatic carbocycles. The molecular formula is C9H17NO2S. The van der Waals surface area contributed by atoms with Gasteiger partial charge < -0.3 is 5.73 Å². The molecule has 2 fully saturated rings. The maximum atomic E-state index is 11.0. The molecule has 1 saturated heterocycles. The fourth-order valence-corrected chi connectivity index (χ4v) is 4.13. The fraction of sp³-hybridized carbons (Fsp3) is 1.00. The van der Waals surface area contributed by atoms with Crippen molar-refractivity contribution in [3.8, 4) is 0 Å². The lowest BCUT2D eigenvalue weighted by atomic mass is 9.87. The Kier molecular flexibility index (Phi) is 2.36. The second-order valence-electron chi connectivity index (χ2n) is 4.42. The van der Waals surface area contributed by atoms with Crippen molar-refractivity contribution in [2.45, 2.75) is 19.3 Å². The molecule has 0 radical (unpaired) electrons. The smallest absolute Gasteiger partial charge is 0.150 e. The van der Waals surface area contributed by atoms with Crippen molar-refractivity contribution in [3.63, 3.8) is 0 Å². The van der Waals surface area contributed by atoms with Gasteiger partial charge in [-0.25, -0.2) is 8.42 Å². The van der Waals surface area contributed by atoms with E-state index in [1.54, 1.807) is 0 Å². The van der Waals surface area contributed by atoms with Gasteiger partial charge in [-0.2, -0.15) is 0 Å². The molecule has 0 aromatic carbocycles. The molecule has 2 aliphatic rings. The average Bonchev–Trinajstić information content (AvgIpc) is 2.78. The van der Waals surface area contributed by atoms with Gasteiger partial charge in [0.15, 0.2) is 9.84 Å². The van der Waals surface area contributed by atoms with Gasteiger partial charge in [-0.15, -0.1) is 0 Å². The minimum absolute atomic E-state index is 0.425. The van der Waals surface area contributed by atoms with E-state index in [1.807, 2.05) is 0 Å². The van der Waals surface area contributed by atoms with E-state index in [0.29, 0.717) is 29.9 Å². The normalized spacial score (nSPS) is 29.6. The first-order valence-electron chi connectivity index (χ1n) is 5.03. The molecule has 1 saturated carbocycles. The minimum Gasteiger partial charge on any atom is -0.330 e. The van der Waals surface area contributed by atoms with E-state index in [0.717, 1.165) is 12.3 Å². The number of hydrogen-bond donors (Lipinski definition) is 1. The van der Waals surface area contributed by atoms with Crippen LogP contribution in [0.2, 0.25) is 0 Å². The Bertz CT molecular complexity index is 270. The van der Waals surface area contributed by atoms with E-state index in [2.05, 4.69) is 0 Å². The minimum atomic E-state index is -2.64. The zero-order chi connectivity index (χ0) is 9.47. The van der Waals surface area contributed by atoms with Crippen LogP contribution in [0.3, 0.4) is 0 Å². The number of hydrogen-bond acceptors (Lipinski definition) is 3. The summed E-state index contributed by atoms with van der Waals surface area (Å²) in [7, 11) is -2.64. The number of rotatable bonds is 4. The number of sulfone groups is 1. The first-order chi connectivity index (χ1) is 6.12. The van der Waals surface area contributed by atoms with Crippen molar-refractivity contribution in [3.05, 3.63) is 0 Å². The Morgan fingerprint density at radius 1 is 1.23 bits per heavy atom. The van der Waals surface area contributed by atoms with E-state index < -0.39 is 9.84 Å².